The van der Waals surface area contributed by atoms with Crippen molar-refractivity contribution in [3.63, 3.8) is 0 Å². The molecule has 4 heteroatoms. The topological polar surface area (TPSA) is 55.4 Å². The van der Waals surface area contributed by atoms with Gasteiger partial charge in [0, 0.05) is 12.1 Å². The first-order valence-corrected chi connectivity index (χ1v) is 7.64. The van der Waals surface area contributed by atoms with Gasteiger partial charge in [-0.1, -0.05) is 49.7 Å². The molecule has 116 valence electrons. The summed E-state index contributed by atoms with van der Waals surface area (Å²) >= 11 is 0. The van der Waals surface area contributed by atoms with Crippen LogP contribution in [0.25, 0.3) is 10.8 Å². The Morgan fingerprint density at radius 2 is 1.86 bits per heavy atom. The Hall–Kier alpha value is -2.36. The molecule has 22 heavy (non-hydrogen) atoms. The van der Waals surface area contributed by atoms with E-state index in [9.17, 15) is 9.59 Å². The van der Waals surface area contributed by atoms with E-state index in [1.807, 2.05) is 43.3 Å². The number of amides is 1. The summed E-state index contributed by atoms with van der Waals surface area (Å²) in [5.74, 6) is -0.440. The molecule has 1 N–H and O–H groups in total. The third kappa shape index (κ3) is 4.32. The number of hydrogen-bond donors (Lipinski definition) is 1. The van der Waals surface area contributed by atoms with Gasteiger partial charge in [-0.3, -0.25) is 9.59 Å². The zero-order valence-corrected chi connectivity index (χ0v) is 12.8. The maximum Gasteiger partial charge on any atom is 0.307 e. The molecule has 2 aromatic rings. The van der Waals surface area contributed by atoms with Gasteiger partial charge < -0.3 is 10.1 Å². The number of esters is 1. The predicted octanol–water partition coefficient (Wildman–Crippen LogP) is 3.30. The van der Waals surface area contributed by atoms with E-state index in [0.29, 0.717) is 12.2 Å². The van der Waals surface area contributed by atoms with Gasteiger partial charge in [-0.25, -0.2) is 0 Å². The van der Waals surface area contributed by atoms with Crippen LogP contribution in [0, 0.1) is 0 Å². The Bertz CT molecular complexity index is 646. The lowest BCUT2D eigenvalue weighted by Gasteiger charge is -2.08. The first-order chi connectivity index (χ1) is 10.7. The van der Waals surface area contributed by atoms with E-state index in [0.717, 1.165) is 23.6 Å². The molecule has 0 spiro atoms. The van der Waals surface area contributed by atoms with Crippen LogP contribution in [0.1, 0.15) is 36.5 Å². The minimum atomic E-state index is -0.272. The van der Waals surface area contributed by atoms with Crippen molar-refractivity contribution in [3.05, 3.63) is 48.0 Å². The summed E-state index contributed by atoms with van der Waals surface area (Å²) in [6.45, 7) is 2.78. The highest BCUT2D eigenvalue weighted by molar-refractivity contribution is 6.07. The van der Waals surface area contributed by atoms with Crippen LogP contribution in [0.4, 0.5) is 0 Å². The number of carbonyl (C=O) groups excluding carboxylic acids is 2. The van der Waals surface area contributed by atoms with Gasteiger partial charge in [0.15, 0.2) is 0 Å². The SMILES string of the molecule is CCCCOC(=O)CCNC(=O)c1cccc2ccccc12. The molecule has 0 aliphatic heterocycles. The second-order valence-corrected chi connectivity index (χ2v) is 5.11. The van der Waals surface area contributed by atoms with Crippen LogP contribution in [0.2, 0.25) is 0 Å². The molecule has 2 aromatic carbocycles. The molecule has 0 aromatic heterocycles. The number of hydrogen-bond acceptors (Lipinski definition) is 3. The van der Waals surface area contributed by atoms with E-state index in [-0.39, 0.29) is 24.8 Å². The van der Waals surface area contributed by atoms with Gasteiger partial charge in [-0.15, -0.1) is 0 Å². The van der Waals surface area contributed by atoms with Crippen molar-refractivity contribution in [1.29, 1.82) is 0 Å². The maximum absolute atomic E-state index is 12.2. The Kier molecular flexibility index (Phi) is 5.95. The summed E-state index contributed by atoms with van der Waals surface area (Å²) in [4.78, 5) is 23.7. The van der Waals surface area contributed by atoms with Crippen LogP contribution in [0.3, 0.4) is 0 Å². The first kappa shape index (κ1) is 16.0. The molecule has 0 saturated heterocycles. The molecular formula is C18H21NO3. The highest BCUT2D eigenvalue weighted by Gasteiger charge is 2.10. The molecule has 0 aliphatic rings. The van der Waals surface area contributed by atoms with E-state index in [1.165, 1.54) is 0 Å². The van der Waals surface area contributed by atoms with Gasteiger partial charge >= 0.3 is 5.97 Å². The first-order valence-electron chi connectivity index (χ1n) is 7.64. The van der Waals surface area contributed by atoms with Crippen LogP contribution in [0.15, 0.2) is 42.5 Å². The molecule has 0 unspecified atom stereocenters. The highest BCUT2D eigenvalue weighted by atomic mass is 16.5. The number of unbranched alkanes of at least 4 members (excludes halogenated alkanes) is 1. The Balaban J connectivity index is 1.88. The normalized spacial score (nSPS) is 10.4. The minimum absolute atomic E-state index is 0.168. The lowest BCUT2D eigenvalue weighted by Crippen LogP contribution is -2.26. The van der Waals surface area contributed by atoms with E-state index < -0.39 is 0 Å². The molecular weight excluding hydrogens is 278 g/mol. The van der Waals surface area contributed by atoms with Crippen molar-refractivity contribution < 1.29 is 14.3 Å². The number of ether oxygens (including phenoxy) is 1. The van der Waals surface area contributed by atoms with Crippen molar-refractivity contribution in [3.8, 4) is 0 Å². The molecule has 0 atom stereocenters. The van der Waals surface area contributed by atoms with Gasteiger partial charge in [0.2, 0.25) is 0 Å². The molecule has 0 heterocycles. The number of benzene rings is 2. The van der Waals surface area contributed by atoms with Crippen molar-refractivity contribution >= 4 is 22.6 Å². The number of rotatable bonds is 7. The summed E-state index contributed by atoms with van der Waals surface area (Å²) in [5.41, 5.74) is 0.623. The fourth-order valence-corrected chi connectivity index (χ4v) is 2.20. The quantitative estimate of drug-likeness (QED) is 0.630. The summed E-state index contributed by atoms with van der Waals surface area (Å²) in [6.07, 6.45) is 2.05. The van der Waals surface area contributed by atoms with Crippen LogP contribution >= 0.6 is 0 Å². The van der Waals surface area contributed by atoms with E-state index in [4.69, 9.17) is 4.74 Å². The minimum Gasteiger partial charge on any atom is -0.466 e. The lowest BCUT2D eigenvalue weighted by molar-refractivity contribution is -0.143. The summed E-state index contributed by atoms with van der Waals surface area (Å²) in [6, 6.07) is 13.4. The lowest BCUT2D eigenvalue weighted by atomic mass is 10.0. The maximum atomic E-state index is 12.2. The van der Waals surface area contributed by atoms with E-state index in [2.05, 4.69) is 5.32 Å². The average molecular weight is 299 g/mol. The molecule has 4 nitrogen and oxygen atoms in total. The largest absolute Gasteiger partial charge is 0.466 e. The molecule has 0 saturated carbocycles. The zero-order chi connectivity index (χ0) is 15.8. The van der Waals surface area contributed by atoms with Crippen molar-refractivity contribution in [2.75, 3.05) is 13.2 Å². The van der Waals surface area contributed by atoms with Crippen molar-refractivity contribution in [1.82, 2.24) is 5.32 Å². The highest BCUT2D eigenvalue weighted by Crippen LogP contribution is 2.18. The monoisotopic (exact) mass is 299 g/mol. The second kappa shape index (κ2) is 8.17. The molecule has 0 aliphatic carbocycles. The number of nitrogens with one attached hydrogen (secondary N) is 1. The number of fused-ring (bicyclic) bond motifs is 1. The van der Waals surface area contributed by atoms with E-state index in [1.54, 1.807) is 6.07 Å². The summed E-state index contributed by atoms with van der Waals surface area (Å²) in [7, 11) is 0. The molecule has 0 bridgehead atoms. The molecule has 1 amide bonds. The van der Waals surface area contributed by atoms with Crippen LogP contribution in [-0.2, 0) is 9.53 Å². The van der Waals surface area contributed by atoms with Gasteiger partial charge in [-0.2, -0.15) is 0 Å². The van der Waals surface area contributed by atoms with E-state index >= 15 is 0 Å². The van der Waals surface area contributed by atoms with Crippen molar-refractivity contribution in [2.24, 2.45) is 0 Å². The summed E-state index contributed by atoms with van der Waals surface area (Å²) < 4.78 is 5.05. The smallest absolute Gasteiger partial charge is 0.307 e. The summed E-state index contributed by atoms with van der Waals surface area (Å²) in [5, 5.41) is 4.71. The molecule has 2 rings (SSSR count). The Morgan fingerprint density at radius 3 is 2.68 bits per heavy atom. The Morgan fingerprint density at radius 1 is 1.09 bits per heavy atom. The van der Waals surface area contributed by atoms with Crippen LogP contribution in [-0.4, -0.2) is 25.0 Å². The molecule has 0 fully saturated rings. The van der Waals surface area contributed by atoms with Crippen LogP contribution in [0.5, 0.6) is 0 Å². The van der Waals surface area contributed by atoms with Gasteiger partial charge in [0.05, 0.1) is 13.0 Å². The third-order valence-corrected chi connectivity index (χ3v) is 3.41. The molecule has 0 radical (unpaired) electrons. The van der Waals surface area contributed by atoms with Gasteiger partial charge in [-0.05, 0) is 23.3 Å². The third-order valence-electron chi connectivity index (χ3n) is 3.41. The standard InChI is InChI=1S/C18H21NO3/c1-2-3-13-22-17(20)11-12-19-18(21)16-10-6-8-14-7-4-5-9-15(14)16/h4-10H,2-3,11-13H2,1H3,(H,19,21). The van der Waals surface area contributed by atoms with Gasteiger partial charge in [0.1, 0.15) is 0 Å². The number of carbonyl (C=O) groups is 2. The van der Waals surface area contributed by atoms with Crippen LogP contribution < -0.4 is 5.32 Å². The second-order valence-electron chi connectivity index (χ2n) is 5.11. The predicted molar refractivity (Wildman–Crippen MR) is 86.8 cm³/mol. The Labute approximate surface area is 130 Å². The fraction of sp³-hybridized carbons (Fsp3) is 0.333. The zero-order valence-electron chi connectivity index (χ0n) is 12.8. The fourth-order valence-electron chi connectivity index (χ4n) is 2.20. The van der Waals surface area contributed by atoms with Gasteiger partial charge in [0.25, 0.3) is 5.91 Å². The average Bonchev–Trinajstić information content (AvgIpc) is 2.54. The van der Waals surface area contributed by atoms with Crippen molar-refractivity contribution in [2.45, 2.75) is 26.2 Å².